The van der Waals surface area contributed by atoms with Crippen LogP contribution in [0, 0.1) is 13.8 Å². The Bertz CT molecular complexity index is 1030. The zero-order chi connectivity index (χ0) is 19.3. The first kappa shape index (κ1) is 17.7. The van der Waals surface area contributed by atoms with E-state index in [1.165, 1.54) is 33.3 Å². The highest BCUT2D eigenvalue weighted by Gasteiger charge is 2.26. The molecule has 140 valence electrons. The molecule has 0 bridgehead atoms. The molecule has 5 heteroatoms. The third-order valence-corrected chi connectivity index (χ3v) is 5.54. The summed E-state index contributed by atoms with van der Waals surface area (Å²) in [5.74, 6) is 0.752. The van der Waals surface area contributed by atoms with Gasteiger partial charge in [0.1, 0.15) is 5.82 Å². The summed E-state index contributed by atoms with van der Waals surface area (Å²) in [7, 11) is 0. The quantitative estimate of drug-likeness (QED) is 0.710. The summed E-state index contributed by atoms with van der Waals surface area (Å²) in [5.41, 5.74) is 6.69. The van der Waals surface area contributed by atoms with Crippen molar-refractivity contribution in [2.75, 3.05) is 6.54 Å². The molecule has 0 aliphatic carbocycles. The number of nitrogens with one attached hydrogen (secondary N) is 1. The molecule has 1 aliphatic rings. The van der Waals surface area contributed by atoms with Crippen molar-refractivity contribution in [1.29, 1.82) is 0 Å². The molecule has 2 aromatic heterocycles. The first-order chi connectivity index (χ1) is 12.8. The number of benzene rings is 1. The highest BCUT2D eigenvalue weighted by molar-refractivity contribution is 5.95. The summed E-state index contributed by atoms with van der Waals surface area (Å²) in [6, 6.07) is 4.33. The number of aryl methyl sites for hydroxylation is 2. The standard InChI is InChI=1S/C22H26N4O/c1-13-6-7-16-17-12-26(9-8-18(17)25-19(16)14(13)2)20(27)15-10-23-21(24-11-15)22(3,4)5/h6-7,10-11,25H,8-9,12H2,1-5H3. The van der Waals surface area contributed by atoms with Crippen molar-refractivity contribution in [3.05, 3.63) is 58.3 Å². The smallest absolute Gasteiger partial charge is 0.257 e. The average Bonchev–Trinajstić information content (AvgIpc) is 3.02. The lowest BCUT2D eigenvalue weighted by molar-refractivity contribution is 0.0734. The SMILES string of the molecule is Cc1ccc2c3c([nH]c2c1C)CCN(C(=O)c1cnc(C(C)(C)C)nc1)C3. The maximum absolute atomic E-state index is 13.0. The lowest BCUT2D eigenvalue weighted by Crippen LogP contribution is -2.36. The van der Waals surface area contributed by atoms with Crippen LogP contribution in [-0.4, -0.2) is 32.3 Å². The summed E-state index contributed by atoms with van der Waals surface area (Å²) in [6.45, 7) is 11.8. The molecule has 4 rings (SSSR count). The zero-order valence-electron chi connectivity index (χ0n) is 16.7. The minimum atomic E-state index is -0.123. The number of nitrogens with zero attached hydrogens (tertiary/aromatic N) is 3. The molecule has 0 spiro atoms. The molecule has 3 heterocycles. The Morgan fingerprint density at radius 3 is 2.52 bits per heavy atom. The molecule has 3 aromatic rings. The van der Waals surface area contributed by atoms with Crippen LogP contribution >= 0.6 is 0 Å². The highest BCUT2D eigenvalue weighted by Crippen LogP contribution is 2.31. The van der Waals surface area contributed by atoms with Crippen molar-refractivity contribution in [2.24, 2.45) is 0 Å². The summed E-state index contributed by atoms with van der Waals surface area (Å²) < 4.78 is 0. The van der Waals surface area contributed by atoms with Crippen LogP contribution in [0.5, 0.6) is 0 Å². The second kappa shape index (κ2) is 6.19. The number of fused-ring (bicyclic) bond motifs is 3. The second-order valence-electron chi connectivity index (χ2n) is 8.53. The molecule has 1 N–H and O–H groups in total. The van der Waals surface area contributed by atoms with Gasteiger partial charge in [-0.2, -0.15) is 0 Å². The third kappa shape index (κ3) is 3.01. The average molecular weight is 362 g/mol. The van der Waals surface area contributed by atoms with Crippen LogP contribution in [-0.2, 0) is 18.4 Å². The molecule has 1 aliphatic heterocycles. The molecule has 1 aromatic carbocycles. The number of hydrogen-bond donors (Lipinski definition) is 1. The van der Waals surface area contributed by atoms with Crippen molar-refractivity contribution in [2.45, 2.75) is 53.0 Å². The van der Waals surface area contributed by atoms with E-state index in [4.69, 9.17) is 0 Å². The fraction of sp³-hybridized carbons (Fsp3) is 0.409. The Balaban J connectivity index is 1.62. The first-order valence-electron chi connectivity index (χ1n) is 9.47. The van der Waals surface area contributed by atoms with Crippen molar-refractivity contribution in [1.82, 2.24) is 19.9 Å². The summed E-state index contributed by atoms with van der Waals surface area (Å²) in [6.07, 6.45) is 4.16. The van der Waals surface area contributed by atoms with Gasteiger partial charge in [0.25, 0.3) is 5.91 Å². The van der Waals surface area contributed by atoms with Crippen LogP contribution in [0.4, 0.5) is 0 Å². The van der Waals surface area contributed by atoms with E-state index >= 15 is 0 Å². The largest absolute Gasteiger partial charge is 0.358 e. The molecule has 0 fully saturated rings. The number of hydrogen-bond acceptors (Lipinski definition) is 3. The van der Waals surface area contributed by atoms with Gasteiger partial charge < -0.3 is 9.88 Å². The van der Waals surface area contributed by atoms with E-state index in [0.29, 0.717) is 18.7 Å². The van der Waals surface area contributed by atoms with Gasteiger partial charge in [-0.25, -0.2) is 9.97 Å². The molecule has 5 nitrogen and oxygen atoms in total. The first-order valence-corrected chi connectivity index (χ1v) is 9.47. The van der Waals surface area contributed by atoms with Gasteiger partial charge in [0.05, 0.1) is 5.56 Å². The number of rotatable bonds is 1. The van der Waals surface area contributed by atoms with E-state index in [-0.39, 0.29) is 11.3 Å². The van der Waals surface area contributed by atoms with E-state index in [9.17, 15) is 4.79 Å². The Kier molecular flexibility index (Phi) is 4.06. The van der Waals surface area contributed by atoms with Crippen LogP contribution in [0.15, 0.2) is 24.5 Å². The molecule has 0 saturated heterocycles. The molecule has 1 amide bonds. The van der Waals surface area contributed by atoms with Crippen molar-refractivity contribution in [3.63, 3.8) is 0 Å². The lowest BCUT2D eigenvalue weighted by atomic mass is 9.96. The molecular formula is C22H26N4O. The van der Waals surface area contributed by atoms with Crippen LogP contribution in [0.3, 0.4) is 0 Å². The fourth-order valence-corrected chi connectivity index (χ4v) is 3.71. The predicted octanol–water partition coefficient (Wildman–Crippen LogP) is 4.07. The molecule has 0 radical (unpaired) electrons. The van der Waals surface area contributed by atoms with E-state index < -0.39 is 0 Å². The number of aromatic amines is 1. The highest BCUT2D eigenvalue weighted by atomic mass is 16.2. The van der Waals surface area contributed by atoms with Gasteiger partial charge >= 0.3 is 0 Å². The second-order valence-corrected chi connectivity index (χ2v) is 8.53. The van der Waals surface area contributed by atoms with Crippen LogP contribution < -0.4 is 0 Å². The van der Waals surface area contributed by atoms with Gasteiger partial charge in [0.15, 0.2) is 0 Å². The number of carbonyl (C=O) groups is 1. The maximum Gasteiger partial charge on any atom is 0.257 e. The molecular weight excluding hydrogens is 336 g/mol. The Labute approximate surface area is 159 Å². The predicted molar refractivity (Wildman–Crippen MR) is 107 cm³/mol. The van der Waals surface area contributed by atoms with Crippen molar-refractivity contribution in [3.8, 4) is 0 Å². The number of H-pyrrole nitrogens is 1. The normalized spacial score (nSPS) is 14.5. The maximum atomic E-state index is 13.0. The lowest BCUT2D eigenvalue weighted by Gasteiger charge is -2.27. The zero-order valence-corrected chi connectivity index (χ0v) is 16.7. The van der Waals surface area contributed by atoms with Gasteiger partial charge in [0.2, 0.25) is 0 Å². The number of amides is 1. The van der Waals surface area contributed by atoms with Gasteiger partial charge in [-0.3, -0.25) is 4.79 Å². The van der Waals surface area contributed by atoms with Crippen LogP contribution in [0.1, 0.15) is 59.3 Å². The summed E-state index contributed by atoms with van der Waals surface area (Å²) in [4.78, 5) is 27.3. The topological polar surface area (TPSA) is 61.9 Å². The number of carbonyl (C=O) groups excluding carboxylic acids is 1. The summed E-state index contributed by atoms with van der Waals surface area (Å²) >= 11 is 0. The van der Waals surface area contributed by atoms with Crippen molar-refractivity contribution >= 4 is 16.8 Å². The Hall–Kier alpha value is -2.69. The van der Waals surface area contributed by atoms with Crippen LogP contribution in [0.2, 0.25) is 0 Å². The van der Waals surface area contributed by atoms with Crippen molar-refractivity contribution < 1.29 is 4.79 Å². The minimum Gasteiger partial charge on any atom is -0.358 e. The minimum absolute atomic E-state index is 0.000655. The molecule has 27 heavy (non-hydrogen) atoms. The van der Waals surface area contributed by atoms with E-state index in [1.807, 2.05) is 4.90 Å². The molecule has 0 unspecified atom stereocenters. The monoisotopic (exact) mass is 362 g/mol. The van der Waals surface area contributed by atoms with Crippen LogP contribution in [0.25, 0.3) is 10.9 Å². The van der Waals surface area contributed by atoms with Gasteiger partial charge in [-0.05, 0) is 25.0 Å². The summed E-state index contributed by atoms with van der Waals surface area (Å²) in [5, 5.41) is 1.23. The molecule has 0 atom stereocenters. The van der Waals surface area contributed by atoms with Gasteiger partial charge in [0, 0.05) is 59.5 Å². The van der Waals surface area contributed by atoms with E-state index in [2.05, 4.69) is 61.7 Å². The third-order valence-electron chi connectivity index (χ3n) is 5.54. The van der Waals surface area contributed by atoms with E-state index in [1.54, 1.807) is 12.4 Å². The van der Waals surface area contributed by atoms with Gasteiger partial charge in [-0.15, -0.1) is 0 Å². The molecule has 0 saturated carbocycles. The van der Waals surface area contributed by atoms with Gasteiger partial charge in [-0.1, -0.05) is 32.9 Å². The fourth-order valence-electron chi connectivity index (χ4n) is 3.71. The Morgan fingerprint density at radius 1 is 1.15 bits per heavy atom. The number of aromatic nitrogens is 3. The Morgan fingerprint density at radius 2 is 1.85 bits per heavy atom. The van der Waals surface area contributed by atoms with E-state index in [0.717, 1.165) is 12.2 Å².